The van der Waals surface area contributed by atoms with Crippen molar-refractivity contribution in [3.05, 3.63) is 64.7 Å². The number of fused-ring (bicyclic) bond motifs is 2. The molecule has 0 spiro atoms. The first-order valence-electron chi connectivity index (χ1n) is 6.92. The Labute approximate surface area is 122 Å². The van der Waals surface area contributed by atoms with Crippen molar-refractivity contribution in [3.63, 3.8) is 0 Å². The van der Waals surface area contributed by atoms with E-state index in [4.69, 9.17) is 4.98 Å². The Kier molecular flexibility index (Phi) is 2.83. The molecule has 1 aliphatic rings. The van der Waals surface area contributed by atoms with Crippen LogP contribution in [0.5, 0.6) is 0 Å². The predicted molar refractivity (Wildman–Crippen MR) is 84.2 cm³/mol. The molecule has 3 heteroatoms. The van der Waals surface area contributed by atoms with E-state index in [0.717, 1.165) is 17.9 Å². The van der Waals surface area contributed by atoms with Crippen LogP contribution in [0.25, 0.3) is 10.2 Å². The van der Waals surface area contributed by atoms with Gasteiger partial charge in [0.2, 0.25) is 0 Å². The van der Waals surface area contributed by atoms with E-state index in [0.29, 0.717) is 5.92 Å². The van der Waals surface area contributed by atoms with Gasteiger partial charge < -0.3 is 4.90 Å². The van der Waals surface area contributed by atoms with Crippen molar-refractivity contribution in [1.29, 1.82) is 0 Å². The molecule has 2 aromatic heterocycles. The second-order valence-corrected chi connectivity index (χ2v) is 6.39. The Balaban J connectivity index is 1.84. The van der Waals surface area contributed by atoms with Crippen molar-refractivity contribution in [2.24, 2.45) is 0 Å². The van der Waals surface area contributed by atoms with Crippen LogP contribution in [0.2, 0.25) is 0 Å². The van der Waals surface area contributed by atoms with Gasteiger partial charge in [0.05, 0.1) is 5.69 Å². The van der Waals surface area contributed by atoms with Gasteiger partial charge >= 0.3 is 0 Å². The number of rotatable bonds is 1. The van der Waals surface area contributed by atoms with Crippen LogP contribution in [0.15, 0.2) is 47.8 Å². The first kappa shape index (κ1) is 12.1. The molecule has 0 N–H and O–H groups in total. The third-order valence-corrected chi connectivity index (χ3v) is 4.88. The molecule has 0 amide bonds. The highest BCUT2D eigenvalue weighted by Gasteiger charge is 2.25. The van der Waals surface area contributed by atoms with E-state index in [2.05, 4.69) is 59.8 Å². The average Bonchev–Trinajstić information content (AvgIpc) is 2.93. The smallest absolute Gasteiger partial charge is 0.123 e. The predicted octanol–water partition coefficient (Wildman–Crippen LogP) is 3.87. The molecule has 0 bridgehead atoms. The maximum atomic E-state index is 4.88. The molecule has 0 aliphatic carbocycles. The lowest BCUT2D eigenvalue weighted by Crippen LogP contribution is -2.31. The van der Waals surface area contributed by atoms with E-state index in [1.54, 1.807) is 11.3 Å². The monoisotopic (exact) mass is 280 g/mol. The largest absolute Gasteiger partial charge is 0.301 e. The molecule has 4 rings (SSSR count). The summed E-state index contributed by atoms with van der Waals surface area (Å²) < 4.78 is 0. The molecule has 3 heterocycles. The van der Waals surface area contributed by atoms with Gasteiger partial charge in [0.15, 0.2) is 0 Å². The number of nitrogens with zero attached hydrogens (tertiary/aromatic N) is 2. The van der Waals surface area contributed by atoms with E-state index in [1.165, 1.54) is 22.2 Å². The van der Waals surface area contributed by atoms with E-state index in [-0.39, 0.29) is 0 Å². The highest BCUT2D eigenvalue weighted by Crippen LogP contribution is 2.33. The summed E-state index contributed by atoms with van der Waals surface area (Å²) in [5.74, 6) is 0.386. The van der Waals surface area contributed by atoms with Crippen LogP contribution in [0.4, 0.5) is 0 Å². The van der Waals surface area contributed by atoms with Crippen LogP contribution in [0.1, 0.15) is 22.7 Å². The molecule has 1 unspecified atom stereocenters. The maximum Gasteiger partial charge on any atom is 0.123 e. The molecule has 1 atom stereocenters. The molecule has 3 aromatic rings. The number of pyridine rings is 1. The molecule has 2 nitrogen and oxygen atoms in total. The molecule has 0 saturated heterocycles. The number of hydrogen-bond donors (Lipinski definition) is 0. The Morgan fingerprint density at radius 3 is 3.00 bits per heavy atom. The third kappa shape index (κ3) is 1.94. The molecular formula is C17H16N2S. The lowest BCUT2D eigenvalue weighted by atomic mass is 9.87. The summed E-state index contributed by atoms with van der Waals surface area (Å²) in [6.45, 7) is 2.08. The van der Waals surface area contributed by atoms with E-state index < -0.39 is 0 Å². The highest BCUT2D eigenvalue weighted by molar-refractivity contribution is 7.16. The van der Waals surface area contributed by atoms with Crippen LogP contribution in [0.3, 0.4) is 0 Å². The standard InChI is InChI=1S/C17H16N2S/c1-19-10-13-4-2-3-5-14(13)15(11-19)16-7-6-12-8-9-20-17(12)18-16/h2-9,15H,10-11H2,1H3. The van der Waals surface area contributed by atoms with E-state index in [9.17, 15) is 0 Å². The van der Waals surface area contributed by atoms with Crippen molar-refractivity contribution in [3.8, 4) is 0 Å². The number of hydrogen-bond acceptors (Lipinski definition) is 3. The van der Waals surface area contributed by atoms with E-state index >= 15 is 0 Å². The quantitative estimate of drug-likeness (QED) is 0.672. The zero-order chi connectivity index (χ0) is 13.5. The molecule has 0 saturated carbocycles. The van der Waals surface area contributed by atoms with Gasteiger partial charge in [0.1, 0.15) is 4.83 Å². The Morgan fingerprint density at radius 2 is 2.05 bits per heavy atom. The van der Waals surface area contributed by atoms with Gasteiger partial charge in [-0.3, -0.25) is 0 Å². The molecule has 1 aliphatic heterocycles. The first-order chi connectivity index (χ1) is 9.81. The van der Waals surface area contributed by atoms with Crippen LogP contribution in [0, 0.1) is 0 Å². The summed E-state index contributed by atoms with van der Waals surface area (Å²) in [6.07, 6.45) is 0. The second-order valence-electron chi connectivity index (χ2n) is 5.50. The number of aromatic nitrogens is 1. The molecule has 1 aromatic carbocycles. The molecule has 0 fully saturated rings. The fraction of sp³-hybridized carbons (Fsp3) is 0.235. The summed E-state index contributed by atoms with van der Waals surface area (Å²) in [6, 6.07) is 15.3. The Morgan fingerprint density at radius 1 is 1.15 bits per heavy atom. The van der Waals surface area contributed by atoms with Crippen molar-refractivity contribution in [2.45, 2.75) is 12.5 Å². The third-order valence-electron chi connectivity index (χ3n) is 4.06. The number of likely N-dealkylation sites (N-methyl/N-ethyl adjacent to an activating group) is 1. The first-order valence-corrected chi connectivity index (χ1v) is 7.80. The normalized spacial score (nSPS) is 19.1. The average molecular weight is 280 g/mol. The van der Waals surface area contributed by atoms with Crippen molar-refractivity contribution in [2.75, 3.05) is 13.6 Å². The molecule has 0 radical (unpaired) electrons. The van der Waals surface area contributed by atoms with Crippen molar-refractivity contribution in [1.82, 2.24) is 9.88 Å². The lowest BCUT2D eigenvalue weighted by Gasteiger charge is -2.31. The topological polar surface area (TPSA) is 16.1 Å². The SMILES string of the molecule is CN1Cc2ccccc2C(c2ccc3ccsc3n2)C1. The summed E-state index contributed by atoms with van der Waals surface area (Å²) in [5, 5.41) is 3.36. The Bertz CT molecular complexity index is 762. The highest BCUT2D eigenvalue weighted by atomic mass is 32.1. The van der Waals surface area contributed by atoms with Crippen molar-refractivity contribution >= 4 is 21.6 Å². The number of benzene rings is 1. The van der Waals surface area contributed by atoms with Gasteiger partial charge in [0, 0.05) is 24.4 Å². The van der Waals surface area contributed by atoms with Crippen LogP contribution in [-0.4, -0.2) is 23.5 Å². The van der Waals surface area contributed by atoms with Gasteiger partial charge in [0.25, 0.3) is 0 Å². The maximum absolute atomic E-state index is 4.88. The Hall–Kier alpha value is -1.71. The van der Waals surface area contributed by atoms with Gasteiger partial charge in [-0.25, -0.2) is 4.98 Å². The lowest BCUT2D eigenvalue weighted by molar-refractivity contribution is 0.293. The van der Waals surface area contributed by atoms with E-state index in [1.807, 2.05) is 0 Å². The van der Waals surface area contributed by atoms with Gasteiger partial charge in [-0.1, -0.05) is 30.3 Å². The van der Waals surface area contributed by atoms with Gasteiger partial charge in [-0.2, -0.15) is 0 Å². The number of thiophene rings is 1. The summed E-state index contributed by atoms with van der Waals surface area (Å²) in [4.78, 5) is 8.41. The fourth-order valence-electron chi connectivity index (χ4n) is 3.09. The zero-order valence-corrected chi connectivity index (χ0v) is 12.2. The molecule has 100 valence electrons. The van der Waals surface area contributed by atoms with Crippen molar-refractivity contribution < 1.29 is 0 Å². The minimum atomic E-state index is 0.386. The molecule has 20 heavy (non-hydrogen) atoms. The van der Waals surface area contributed by atoms with Crippen LogP contribution < -0.4 is 0 Å². The second kappa shape index (κ2) is 4.69. The minimum absolute atomic E-state index is 0.386. The fourth-order valence-corrected chi connectivity index (χ4v) is 3.86. The van der Waals surface area contributed by atoms with Gasteiger partial charge in [-0.15, -0.1) is 11.3 Å². The molecular weight excluding hydrogens is 264 g/mol. The zero-order valence-electron chi connectivity index (χ0n) is 11.4. The van der Waals surface area contributed by atoms with Crippen LogP contribution in [-0.2, 0) is 6.54 Å². The summed E-state index contributed by atoms with van der Waals surface area (Å²) in [7, 11) is 2.19. The van der Waals surface area contributed by atoms with Gasteiger partial charge in [-0.05, 0) is 35.7 Å². The summed E-state index contributed by atoms with van der Waals surface area (Å²) in [5.41, 5.74) is 4.06. The summed E-state index contributed by atoms with van der Waals surface area (Å²) >= 11 is 1.72. The van der Waals surface area contributed by atoms with Crippen LogP contribution >= 0.6 is 11.3 Å². The minimum Gasteiger partial charge on any atom is -0.301 e.